The zero-order valence-electron chi connectivity index (χ0n) is 12.4. The molecule has 1 unspecified atom stereocenters. The molecule has 2 fully saturated rings. The Morgan fingerprint density at radius 2 is 1.95 bits per heavy atom. The van der Waals surface area contributed by atoms with Crippen LogP contribution in [0.5, 0.6) is 0 Å². The minimum absolute atomic E-state index is 0.228. The van der Waals surface area contributed by atoms with E-state index in [0.717, 1.165) is 51.5 Å². The van der Waals surface area contributed by atoms with Gasteiger partial charge in [0.2, 0.25) is 5.91 Å². The minimum Gasteiger partial charge on any atom is -0.381 e. The number of amides is 1. The summed E-state index contributed by atoms with van der Waals surface area (Å²) >= 11 is 0. The Morgan fingerprint density at radius 1 is 1.21 bits per heavy atom. The summed E-state index contributed by atoms with van der Waals surface area (Å²) in [4.78, 5) is 15.9. The van der Waals surface area contributed by atoms with E-state index in [1.54, 1.807) is 6.92 Å². The standard InChI is InChI=1S/C15H28N2O2/c1-3-10-19-12-14-4-7-17(11-14)15-5-8-16(9-6-15)13(2)18/h14-15H,3-12H2,1-2H3. The molecular weight excluding hydrogens is 240 g/mol. The van der Waals surface area contributed by atoms with Gasteiger partial charge in [0, 0.05) is 39.2 Å². The van der Waals surface area contributed by atoms with Crippen LogP contribution in [-0.2, 0) is 9.53 Å². The molecule has 0 aromatic heterocycles. The predicted octanol–water partition coefficient (Wildman–Crippen LogP) is 1.75. The molecule has 0 spiro atoms. The molecule has 110 valence electrons. The third-order valence-electron chi connectivity index (χ3n) is 4.45. The summed E-state index contributed by atoms with van der Waals surface area (Å²) in [5.74, 6) is 0.947. The molecule has 2 rings (SSSR count). The first-order valence-corrected chi connectivity index (χ1v) is 7.78. The summed E-state index contributed by atoms with van der Waals surface area (Å²) in [7, 11) is 0. The molecule has 1 atom stereocenters. The first kappa shape index (κ1) is 14.8. The van der Waals surface area contributed by atoms with E-state index in [4.69, 9.17) is 4.74 Å². The average molecular weight is 268 g/mol. The van der Waals surface area contributed by atoms with Gasteiger partial charge in [0.05, 0.1) is 6.61 Å². The molecule has 0 aromatic carbocycles. The van der Waals surface area contributed by atoms with Gasteiger partial charge >= 0.3 is 0 Å². The van der Waals surface area contributed by atoms with Gasteiger partial charge in [-0.05, 0) is 38.1 Å². The molecule has 2 saturated heterocycles. The predicted molar refractivity (Wildman–Crippen MR) is 76.1 cm³/mol. The van der Waals surface area contributed by atoms with Crippen LogP contribution in [0.1, 0.15) is 39.5 Å². The van der Waals surface area contributed by atoms with Crippen LogP contribution in [0.3, 0.4) is 0 Å². The van der Waals surface area contributed by atoms with Gasteiger partial charge in [-0.3, -0.25) is 9.69 Å². The van der Waals surface area contributed by atoms with Crippen molar-refractivity contribution >= 4 is 5.91 Å². The zero-order valence-corrected chi connectivity index (χ0v) is 12.4. The lowest BCUT2D eigenvalue weighted by Gasteiger charge is -2.36. The average Bonchev–Trinajstić information content (AvgIpc) is 2.88. The number of likely N-dealkylation sites (tertiary alicyclic amines) is 2. The number of carbonyl (C=O) groups is 1. The van der Waals surface area contributed by atoms with E-state index in [2.05, 4.69) is 11.8 Å². The molecule has 2 aliphatic rings. The molecule has 2 heterocycles. The van der Waals surface area contributed by atoms with Crippen molar-refractivity contribution in [2.75, 3.05) is 39.4 Å². The summed E-state index contributed by atoms with van der Waals surface area (Å²) in [6.07, 6.45) is 4.67. The number of carbonyl (C=O) groups excluding carboxylic acids is 1. The van der Waals surface area contributed by atoms with Crippen molar-refractivity contribution in [2.45, 2.75) is 45.6 Å². The lowest BCUT2D eigenvalue weighted by atomic mass is 10.0. The normalized spacial score (nSPS) is 26.0. The van der Waals surface area contributed by atoms with Gasteiger partial charge in [-0.2, -0.15) is 0 Å². The Bertz CT molecular complexity index is 288. The smallest absolute Gasteiger partial charge is 0.219 e. The van der Waals surface area contributed by atoms with Crippen molar-refractivity contribution in [1.82, 2.24) is 9.80 Å². The van der Waals surface area contributed by atoms with Gasteiger partial charge < -0.3 is 9.64 Å². The molecule has 0 radical (unpaired) electrons. The van der Waals surface area contributed by atoms with Crippen LogP contribution in [-0.4, -0.2) is 61.1 Å². The zero-order chi connectivity index (χ0) is 13.7. The lowest BCUT2D eigenvalue weighted by molar-refractivity contribution is -0.130. The fraction of sp³-hybridized carbons (Fsp3) is 0.933. The van der Waals surface area contributed by atoms with Crippen LogP contribution in [0, 0.1) is 5.92 Å². The van der Waals surface area contributed by atoms with E-state index in [-0.39, 0.29) is 5.91 Å². The number of rotatable bonds is 5. The number of ether oxygens (including phenoxy) is 1. The maximum absolute atomic E-state index is 11.3. The van der Waals surface area contributed by atoms with E-state index >= 15 is 0 Å². The molecule has 0 saturated carbocycles. The Labute approximate surface area is 117 Å². The van der Waals surface area contributed by atoms with Gasteiger partial charge in [0.1, 0.15) is 0 Å². The van der Waals surface area contributed by atoms with E-state index < -0.39 is 0 Å². The van der Waals surface area contributed by atoms with Crippen LogP contribution >= 0.6 is 0 Å². The molecule has 0 aromatic rings. The molecule has 0 bridgehead atoms. The van der Waals surface area contributed by atoms with Crippen molar-refractivity contribution in [3.63, 3.8) is 0 Å². The fourth-order valence-electron chi connectivity index (χ4n) is 3.27. The molecule has 0 aliphatic carbocycles. The summed E-state index contributed by atoms with van der Waals surface area (Å²) in [5.41, 5.74) is 0. The summed E-state index contributed by atoms with van der Waals surface area (Å²) in [5, 5.41) is 0. The summed E-state index contributed by atoms with van der Waals surface area (Å²) in [6, 6.07) is 0.687. The molecule has 2 aliphatic heterocycles. The van der Waals surface area contributed by atoms with Crippen molar-refractivity contribution in [2.24, 2.45) is 5.92 Å². The van der Waals surface area contributed by atoms with Crippen LogP contribution in [0.25, 0.3) is 0 Å². The number of hydrogen-bond donors (Lipinski definition) is 0. The second-order valence-corrected chi connectivity index (χ2v) is 5.96. The van der Waals surface area contributed by atoms with Crippen LogP contribution < -0.4 is 0 Å². The molecular formula is C15H28N2O2. The first-order chi connectivity index (χ1) is 9.20. The Balaban J connectivity index is 1.68. The van der Waals surface area contributed by atoms with Crippen molar-refractivity contribution in [3.05, 3.63) is 0 Å². The second kappa shape index (κ2) is 7.25. The largest absolute Gasteiger partial charge is 0.381 e. The van der Waals surface area contributed by atoms with Crippen LogP contribution in [0.15, 0.2) is 0 Å². The van der Waals surface area contributed by atoms with Crippen molar-refractivity contribution < 1.29 is 9.53 Å². The van der Waals surface area contributed by atoms with Gasteiger partial charge in [-0.15, -0.1) is 0 Å². The maximum atomic E-state index is 11.3. The van der Waals surface area contributed by atoms with E-state index in [0.29, 0.717) is 6.04 Å². The molecule has 19 heavy (non-hydrogen) atoms. The fourth-order valence-corrected chi connectivity index (χ4v) is 3.27. The third-order valence-corrected chi connectivity index (χ3v) is 4.45. The third kappa shape index (κ3) is 4.18. The highest BCUT2D eigenvalue weighted by Gasteiger charge is 2.31. The topological polar surface area (TPSA) is 32.8 Å². The highest BCUT2D eigenvalue weighted by molar-refractivity contribution is 5.73. The Kier molecular flexibility index (Phi) is 5.64. The monoisotopic (exact) mass is 268 g/mol. The van der Waals surface area contributed by atoms with Crippen LogP contribution in [0.4, 0.5) is 0 Å². The number of nitrogens with zero attached hydrogens (tertiary/aromatic N) is 2. The quantitative estimate of drug-likeness (QED) is 0.712. The van der Waals surface area contributed by atoms with Crippen LogP contribution in [0.2, 0.25) is 0 Å². The van der Waals surface area contributed by atoms with Crippen molar-refractivity contribution in [1.29, 1.82) is 0 Å². The molecule has 1 amide bonds. The second-order valence-electron chi connectivity index (χ2n) is 5.96. The van der Waals surface area contributed by atoms with E-state index in [1.807, 2.05) is 4.90 Å². The maximum Gasteiger partial charge on any atom is 0.219 e. The highest BCUT2D eigenvalue weighted by Crippen LogP contribution is 2.24. The van der Waals surface area contributed by atoms with Gasteiger partial charge in [-0.25, -0.2) is 0 Å². The Morgan fingerprint density at radius 3 is 2.58 bits per heavy atom. The number of hydrogen-bond acceptors (Lipinski definition) is 3. The summed E-state index contributed by atoms with van der Waals surface area (Å²) in [6.45, 7) is 9.94. The van der Waals surface area contributed by atoms with Gasteiger partial charge in [0.25, 0.3) is 0 Å². The molecule has 0 N–H and O–H groups in total. The minimum atomic E-state index is 0.228. The number of piperidine rings is 1. The molecule has 4 nitrogen and oxygen atoms in total. The first-order valence-electron chi connectivity index (χ1n) is 7.78. The van der Waals surface area contributed by atoms with Crippen molar-refractivity contribution in [3.8, 4) is 0 Å². The van der Waals surface area contributed by atoms with E-state index in [1.165, 1.54) is 19.5 Å². The SMILES string of the molecule is CCCOCC1CCN(C2CCN(C(C)=O)CC2)C1. The Hall–Kier alpha value is -0.610. The van der Waals surface area contributed by atoms with Gasteiger partial charge in [-0.1, -0.05) is 6.92 Å². The van der Waals surface area contributed by atoms with E-state index in [9.17, 15) is 4.79 Å². The lowest BCUT2D eigenvalue weighted by Crippen LogP contribution is -2.45. The highest BCUT2D eigenvalue weighted by atomic mass is 16.5. The van der Waals surface area contributed by atoms with Gasteiger partial charge in [0.15, 0.2) is 0 Å². The molecule has 4 heteroatoms. The summed E-state index contributed by atoms with van der Waals surface area (Å²) < 4.78 is 5.67.